The molecule has 4 nitrogen and oxygen atoms in total. The molecule has 0 radical (unpaired) electrons. The van der Waals surface area contributed by atoms with Gasteiger partial charge in [-0.25, -0.2) is 0 Å². The number of hydrogen-bond acceptors (Lipinski definition) is 3. The fraction of sp³-hybridized carbons (Fsp3) is 0.357. The number of amides is 1. The van der Waals surface area contributed by atoms with Crippen molar-refractivity contribution >= 4 is 28.9 Å². The van der Waals surface area contributed by atoms with Crippen LogP contribution < -0.4 is 10.2 Å². The molecule has 1 amide bonds. The van der Waals surface area contributed by atoms with Crippen LogP contribution >= 0.6 is 0 Å². The van der Waals surface area contributed by atoms with E-state index in [0.717, 1.165) is 33.5 Å². The lowest BCUT2D eigenvalue weighted by Crippen LogP contribution is -2.49. The van der Waals surface area contributed by atoms with E-state index in [-0.39, 0.29) is 11.1 Å². The second-order valence-electron chi connectivity index (χ2n) is 9.54. The third-order valence-electron chi connectivity index (χ3n) is 6.29. The van der Waals surface area contributed by atoms with E-state index in [1.807, 2.05) is 39.0 Å². The van der Waals surface area contributed by atoms with Crippen LogP contribution in [0.25, 0.3) is 11.6 Å². The van der Waals surface area contributed by atoms with E-state index < -0.39 is 5.91 Å². The maximum atomic E-state index is 12.9. The van der Waals surface area contributed by atoms with E-state index in [4.69, 9.17) is 0 Å². The Morgan fingerprint density at radius 2 is 1.81 bits per heavy atom. The fourth-order valence-electron chi connectivity index (χ4n) is 4.69. The van der Waals surface area contributed by atoms with Crippen molar-refractivity contribution in [2.75, 3.05) is 10.2 Å². The van der Waals surface area contributed by atoms with Crippen molar-refractivity contribution in [3.63, 3.8) is 0 Å². The molecule has 0 fully saturated rings. The van der Waals surface area contributed by atoms with Crippen molar-refractivity contribution in [1.29, 1.82) is 5.26 Å². The molecule has 1 aliphatic heterocycles. The quantitative estimate of drug-likeness (QED) is 0.443. The average molecular weight is 428 g/mol. The first kappa shape index (κ1) is 23.3. The third-order valence-corrected chi connectivity index (χ3v) is 6.29. The zero-order valence-electron chi connectivity index (χ0n) is 20.4. The molecule has 1 heterocycles. The van der Waals surface area contributed by atoms with Gasteiger partial charge in [-0.05, 0) is 107 Å². The number of aryl methyl sites for hydroxylation is 2. The Balaban J connectivity index is 2.03. The van der Waals surface area contributed by atoms with Gasteiger partial charge in [-0.15, -0.1) is 0 Å². The summed E-state index contributed by atoms with van der Waals surface area (Å²) in [6.07, 6.45) is 3.99. The molecule has 0 atom stereocenters. The smallest absolute Gasteiger partial charge is 0.266 e. The number of nitriles is 1. The number of nitrogens with one attached hydrogen (secondary N) is 1. The number of anilines is 2. The maximum Gasteiger partial charge on any atom is 0.266 e. The number of carbonyl (C=O) groups excluding carboxylic acids is 1. The molecule has 0 bridgehead atoms. The van der Waals surface area contributed by atoms with E-state index in [1.54, 1.807) is 6.08 Å². The average Bonchev–Trinajstić information content (AvgIpc) is 2.69. The zero-order chi connectivity index (χ0) is 23.8. The molecule has 1 aliphatic rings. The molecule has 0 aliphatic carbocycles. The van der Waals surface area contributed by atoms with Crippen molar-refractivity contribution < 1.29 is 4.79 Å². The Kier molecular flexibility index (Phi) is 6.32. The molecule has 1 N–H and O–H groups in total. The summed E-state index contributed by atoms with van der Waals surface area (Å²) in [5.41, 5.74) is 8.28. The van der Waals surface area contributed by atoms with Gasteiger partial charge in [-0.1, -0.05) is 18.2 Å². The molecule has 0 unspecified atom stereocenters. The SMILES string of the molecule is CC1=CC(C)(C)N(C(C)C)c2cc(C)c(/C=C(/C#N)C(=O)Nc3cccc(C)c3C)cc21. The van der Waals surface area contributed by atoms with Gasteiger partial charge in [0.2, 0.25) is 0 Å². The number of hydrogen-bond donors (Lipinski definition) is 1. The minimum Gasteiger partial charge on any atom is -0.360 e. The van der Waals surface area contributed by atoms with Crippen LogP contribution in [0.2, 0.25) is 0 Å². The highest BCUT2D eigenvalue weighted by molar-refractivity contribution is 6.10. The van der Waals surface area contributed by atoms with E-state index in [1.165, 1.54) is 11.3 Å². The topological polar surface area (TPSA) is 56.1 Å². The Morgan fingerprint density at radius 3 is 2.44 bits per heavy atom. The number of fused-ring (bicyclic) bond motifs is 1. The lowest BCUT2D eigenvalue weighted by Gasteiger charge is -2.46. The molecular weight excluding hydrogens is 394 g/mol. The van der Waals surface area contributed by atoms with Crippen LogP contribution in [0.15, 0.2) is 42.0 Å². The first-order valence-electron chi connectivity index (χ1n) is 11.1. The number of carbonyl (C=O) groups is 1. The fourth-order valence-corrected chi connectivity index (χ4v) is 4.69. The summed E-state index contributed by atoms with van der Waals surface area (Å²) in [6, 6.07) is 12.5. The van der Waals surface area contributed by atoms with Gasteiger partial charge in [0.1, 0.15) is 11.6 Å². The second-order valence-corrected chi connectivity index (χ2v) is 9.54. The number of allylic oxidation sites excluding steroid dienone is 1. The molecule has 0 aromatic heterocycles. The van der Waals surface area contributed by atoms with Crippen LogP contribution in [-0.2, 0) is 4.79 Å². The summed E-state index contributed by atoms with van der Waals surface area (Å²) in [4.78, 5) is 15.3. The summed E-state index contributed by atoms with van der Waals surface area (Å²) in [5, 5.41) is 12.6. The monoisotopic (exact) mass is 427 g/mol. The van der Waals surface area contributed by atoms with Gasteiger partial charge in [0.15, 0.2) is 0 Å². The number of nitrogens with zero attached hydrogens (tertiary/aromatic N) is 2. The lowest BCUT2D eigenvalue weighted by atomic mass is 9.85. The molecule has 0 spiro atoms. The minimum absolute atomic E-state index is 0.0849. The van der Waals surface area contributed by atoms with Crippen LogP contribution in [0.5, 0.6) is 0 Å². The predicted molar refractivity (Wildman–Crippen MR) is 135 cm³/mol. The molecule has 0 saturated carbocycles. The molecule has 2 aromatic rings. The second kappa shape index (κ2) is 8.67. The summed E-state index contributed by atoms with van der Waals surface area (Å²) in [5.74, 6) is -0.393. The summed E-state index contributed by atoms with van der Waals surface area (Å²) >= 11 is 0. The molecular formula is C28H33N3O. The summed E-state index contributed by atoms with van der Waals surface area (Å²) in [6.45, 7) is 17.0. The Hall–Kier alpha value is -3.32. The first-order valence-corrected chi connectivity index (χ1v) is 11.1. The Morgan fingerprint density at radius 1 is 1.12 bits per heavy atom. The lowest BCUT2D eigenvalue weighted by molar-refractivity contribution is -0.112. The van der Waals surface area contributed by atoms with E-state index in [0.29, 0.717) is 6.04 Å². The Bertz CT molecular complexity index is 1180. The van der Waals surface area contributed by atoms with E-state index >= 15 is 0 Å². The predicted octanol–water partition coefficient (Wildman–Crippen LogP) is 6.57. The molecule has 4 heteroatoms. The van der Waals surface area contributed by atoms with Crippen LogP contribution in [0, 0.1) is 32.1 Å². The van der Waals surface area contributed by atoms with Gasteiger partial charge in [0.25, 0.3) is 5.91 Å². The summed E-state index contributed by atoms with van der Waals surface area (Å²) < 4.78 is 0. The van der Waals surface area contributed by atoms with Gasteiger partial charge in [-0.2, -0.15) is 5.26 Å². The van der Waals surface area contributed by atoms with E-state index in [2.05, 4.69) is 69.1 Å². The standard InChI is InChI=1S/C28H33N3O/c1-17(2)31-26-12-19(4)22(14-24(26)20(5)15-28(31,7)8)13-23(16-29)27(32)30-25-11-9-10-18(3)21(25)6/h9-15,17H,1-8H3,(H,30,32)/b23-13-. The molecule has 0 saturated heterocycles. The maximum absolute atomic E-state index is 12.9. The third kappa shape index (κ3) is 4.34. The van der Waals surface area contributed by atoms with Crippen molar-refractivity contribution in [2.24, 2.45) is 0 Å². The first-order chi connectivity index (χ1) is 15.0. The molecule has 32 heavy (non-hydrogen) atoms. The van der Waals surface area contributed by atoms with Crippen molar-refractivity contribution in [1.82, 2.24) is 0 Å². The van der Waals surface area contributed by atoms with Gasteiger partial charge in [0, 0.05) is 23.0 Å². The summed E-state index contributed by atoms with van der Waals surface area (Å²) in [7, 11) is 0. The number of rotatable bonds is 4. The number of benzene rings is 2. The molecule has 166 valence electrons. The zero-order valence-corrected chi connectivity index (χ0v) is 20.4. The van der Waals surface area contributed by atoms with Crippen LogP contribution in [0.1, 0.15) is 62.4 Å². The van der Waals surface area contributed by atoms with Crippen molar-refractivity contribution in [2.45, 2.75) is 67.0 Å². The normalized spacial score (nSPS) is 15.2. The van der Waals surface area contributed by atoms with Crippen molar-refractivity contribution in [3.8, 4) is 6.07 Å². The largest absolute Gasteiger partial charge is 0.360 e. The minimum atomic E-state index is -0.393. The van der Waals surface area contributed by atoms with Gasteiger partial charge in [-0.3, -0.25) is 4.79 Å². The molecule has 3 rings (SSSR count). The van der Waals surface area contributed by atoms with Gasteiger partial charge >= 0.3 is 0 Å². The molecule has 2 aromatic carbocycles. The van der Waals surface area contributed by atoms with Crippen LogP contribution in [0.3, 0.4) is 0 Å². The van der Waals surface area contributed by atoms with Crippen LogP contribution in [-0.4, -0.2) is 17.5 Å². The highest BCUT2D eigenvalue weighted by Gasteiger charge is 2.33. The Labute approximate surface area is 192 Å². The van der Waals surface area contributed by atoms with Crippen molar-refractivity contribution in [3.05, 3.63) is 69.8 Å². The van der Waals surface area contributed by atoms with Gasteiger partial charge < -0.3 is 10.2 Å². The van der Waals surface area contributed by atoms with Crippen LogP contribution in [0.4, 0.5) is 11.4 Å². The van der Waals surface area contributed by atoms with E-state index in [9.17, 15) is 10.1 Å². The highest BCUT2D eigenvalue weighted by Crippen LogP contribution is 2.41. The highest BCUT2D eigenvalue weighted by atomic mass is 16.1. The van der Waals surface area contributed by atoms with Gasteiger partial charge in [0.05, 0.1) is 5.54 Å².